The van der Waals surface area contributed by atoms with Gasteiger partial charge in [-0.15, -0.1) is 5.06 Å². The number of hydrogen-bond acceptors (Lipinski definition) is 4. The van der Waals surface area contributed by atoms with Gasteiger partial charge in [0.15, 0.2) is 5.76 Å². The van der Waals surface area contributed by atoms with Crippen LogP contribution in [0.1, 0.15) is 16.7 Å². The van der Waals surface area contributed by atoms with Gasteiger partial charge in [0.2, 0.25) is 0 Å². The minimum Gasteiger partial charge on any atom is -0.488 e. The average Bonchev–Trinajstić information content (AvgIpc) is 3.25. The van der Waals surface area contributed by atoms with Crippen LogP contribution in [0, 0.1) is 0 Å². The van der Waals surface area contributed by atoms with Crippen molar-refractivity contribution in [2.24, 2.45) is 0 Å². The molecule has 0 aromatic heterocycles. The molecule has 0 amide bonds. The zero-order valence-electron chi connectivity index (χ0n) is 17.5. The van der Waals surface area contributed by atoms with E-state index in [1.54, 1.807) is 18.2 Å². The van der Waals surface area contributed by atoms with Crippen molar-refractivity contribution in [2.45, 2.75) is 19.4 Å². The van der Waals surface area contributed by atoms with Crippen LogP contribution in [-0.2, 0) is 18.1 Å². The van der Waals surface area contributed by atoms with E-state index in [1.165, 1.54) is 0 Å². The fourth-order valence-electron chi connectivity index (χ4n) is 3.28. The Morgan fingerprint density at radius 1 is 0.848 bits per heavy atom. The lowest BCUT2D eigenvalue weighted by Crippen LogP contribution is -2.31. The summed E-state index contributed by atoms with van der Waals surface area (Å²) in [5, 5.41) is 1.14. The summed E-state index contributed by atoms with van der Waals surface area (Å²) in [5.41, 5.74) is 2.35. The van der Waals surface area contributed by atoms with Crippen LogP contribution < -0.4 is 9.47 Å². The Bertz CT molecular complexity index is 1110. The quantitative estimate of drug-likeness (QED) is 0.365. The summed E-state index contributed by atoms with van der Waals surface area (Å²) in [7, 11) is 0. The van der Waals surface area contributed by atoms with Crippen molar-refractivity contribution in [1.82, 2.24) is 5.06 Å². The molecule has 0 saturated carbocycles. The molecule has 0 aliphatic carbocycles. The Labute approximate surface area is 194 Å². The van der Waals surface area contributed by atoms with Crippen molar-refractivity contribution >= 4 is 17.4 Å². The molecule has 0 radical (unpaired) electrons. The smallest absolute Gasteiger partial charge is 0.404 e. The van der Waals surface area contributed by atoms with Crippen LogP contribution in [0.5, 0.6) is 11.5 Å². The summed E-state index contributed by atoms with van der Waals surface area (Å²) in [6.07, 6.45) is -2.81. The van der Waals surface area contributed by atoms with Gasteiger partial charge in [-0.05, 0) is 23.3 Å². The molecule has 0 spiro atoms. The van der Waals surface area contributed by atoms with E-state index in [2.05, 4.69) is 0 Å². The molecule has 4 rings (SSSR count). The normalized spacial score (nSPS) is 14.0. The maximum absolute atomic E-state index is 12.8. The lowest BCUT2D eigenvalue weighted by atomic mass is 10.1. The average molecular weight is 476 g/mol. The minimum atomic E-state index is -4.37. The van der Waals surface area contributed by atoms with E-state index in [0.717, 1.165) is 16.2 Å². The first-order chi connectivity index (χ1) is 15.9. The molecule has 3 aromatic carbocycles. The highest BCUT2D eigenvalue weighted by atomic mass is 35.5. The molecule has 8 heteroatoms. The molecule has 0 unspecified atom stereocenters. The summed E-state index contributed by atoms with van der Waals surface area (Å²) in [6.45, 7) is -0.625. The summed E-state index contributed by atoms with van der Waals surface area (Å²) in [4.78, 5) is 5.44. The zero-order chi connectivity index (χ0) is 23.3. The lowest BCUT2D eigenvalue weighted by molar-refractivity contribution is -0.196. The third-order valence-corrected chi connectivity index (χ3v) is 5.13. The van der Waals surface area contributed by atoms with E-state index in [0.29, 0.717) is 28.7 Å². The molecule has 33 heavy (non-hydrogen) atoms. The fourth-order valence-corrected chi connectivity index (χ4v) is 3.50. The summed E-state index contributed by atoms with van der Waals surface area (Å²) < 4.78 is 50.2. The molecule has 0 bridgehead atoms. The van der Waals surface area contributed by atoms with Crippen molar-refractivity contribution < 1.29 is 27.5 Å². The van der Waals surface area contributed by atoms with Gasteiger partial charge in [0.05, 0.1) is 17.1 Å². The van der Waals surface area contributed by atoms with Crippen LogP contribution in [0.3, 0.4) is 0 Å². The third kappa shape index (κ3) is 6.43. The van der Waals surface area contributed by atoms with Crippen LogP contribution in [-0.4, -0.2) is 24.3 Å². The number of benzene rings is 3. The Morgan fingerprint density at radius 2 is 1.42 bits per heavy atom. The molecule has 172 valence electrons. The number of rotatable bonds is 8. The van der Waals surface area contributed by atoms with Crippen molar-refractivity contribution in [3.63, 3.8) is 0 Å². The molecule has 3 aromatic rings. The standard InChI is InChI=1S/C25H21ClF3NO3/c26-21-13-20(22-11-12-30(33-22)17-25(27,28)29)23(31-15-18-7-3-1-4-8-18)14-24(21)32-16-19-9-5-2-6-10-19/h1-11,13-14H,12,15-17H2. The van der Waals surface area contributed by atoms with Gasteiger partial charge in [-0.1, -0.05) is 72.3 Å². The van der Waals surface area contributed by atoms with Crippen LogP contribution in [0.15, 0.2) is 78.9 Å². The van der Waals surface area contributed by atoms with Gasteiger partial charge in [0.25, 0.3) is 0 Å². The second kappa shape index (κ2) is 10.2. The summed E-state index contributed by atoms with van der Waals surface area (Å²) >= 11 is 6.45. The van der Waals surface area contributed by atoms with Crippen LogP contribution >= 0.6 is 11.6 Å². The SMILES string of the molecule is FC(F)(F)CN1CC=C(c2cc(Cl)c(OCc3ccccc3)cc2OCc2ccccc2)O1. The summed E-state index contributed by atoms with van der Waals surface area (Å²) in [6, 6.07) is 22.4. The van der Waals surface area contributed by atoms with Gasteiger partial charge in [-0.3, -0.25) is 0 Å². The highest BCUT2D eigenvalue weighted by molar-refractivity contribution is 6.32. The second-order valence-corrected chi connectivity index (χ2v) is 7.83. The molecule has 0 atom stereocenters. The molecular formula is C25H21ClF3NO3. The van der Waals surface area contributed by atoms with Crippen molar-refractivity contribution in [3.8, 4) is 11.5 Å². The topological polar surface area (TPSA) is 30.9 Å². The van der Waals surface area contributed by atoms with Crippen molar-refractivity contribution in [3.05, 3.63) is 101 Å². The molecule has 4 nitrogen and oxygen atoms in total. The number of alkyl halides is 3. The number of halogens is 4. The van der Waals surface area contributed by atoms with E-state index in [1.807, 2.05) is 60.7 Å². The van der Waals surface area contributed by atoms with Gasteiger partial charge in [0.1, 0.15) is 31.3 Å². The third-order valence-electron chi connectivity index (χ3n) is 4.84. The van der Waals surface area contributed by atoms with Gasteiger partial charge in [-0.25, -0.2) is 0 Å². The Morgan fingerprint density at radius 3 is 2.00 bits per heavy atom. The lowest BCUT2D eigenvalue weighted by Gasteiger charge is -2.20. The maximum atomic E-state index is 12.8. The Kier molecular flexibility index (Phi) is 7.11. The van der Waals surface area contributed by atoms with E-state index in [-0.39, 0.29) is 18.9 Å². The first-order valence-electron chi connectivity index (χ1n) is 10.2. The minimum absolute atomic E-state index is 0.00313. The molecule has 1 heterocycles. The van der Waals surface area contributed by atoms with Gasteiger partial charge >= 0.3 is 6.18 Å². The molecule has 0 N–H and O–H groups in total. The van der Waals surface area contributed by atoms with Crippen LogP contribution in [0.4, 0.5) is 13.2 Å². The van der Waals surface area contributed by atoms with Gasteiger partial charge in [0, 0.05) is 6.07 Å². The summed E-state index contributed by atoms with van der Waals surface area (Å²) in [5.74, 6) is 1.04. The molecular weight excluding hydrogens is 455 g/mol. The first-order valence-corrected chi connectivity index (χ1v) is 10.6. The van der Waals surface area contributed by atoms with Crippen LogP contribution in [0.2, 0.25) is 5.02 Å². The molecule has 1 aliphatic heterocycles. The highest BCUT2D eigenvalue weighted by Crippen LogP contribution is 2.39. The Balaban J connectivity index is 1.57. The van der Waals surface area contributed by atoms with Crippen molar-refractivity contribution in [2.75, 3.05) is 13.1 Å². The van der Waals surface area contributed by atoms with Gasteiger partial charge < -0.3 is 14.3 Å². The van der Waals surface area contributed by atoms with E-state index in [9.17, 15) is 13.2 Å². The van der Waals surface area contributed by atoms with Gasteiger partial charge in [-0.2, -0.15) is 13.2 Å². The van der Waals surface area contributed by atoms with Crippen LogP contribution in [0.25, 0.3) is 5.76 Å². The highest BCUT2D eigenvalue weighted by Gasteiger charge is 2.34. The van der Waals surface area contributed by atoms with E-state index < -0.39 is 12.7 Å². The van der Waals surface area contributed by atoms with E-state index >= 15 is 0 Å². The second-order valence-electron chi connectivity index (χ2n) is 7.42. The number of hydrogen-bond donors (Lipinski definition) is 0. The molecule has 0 fully saturated rings. The largest absolute Gasteiger partial charge is 0.488 e. The maximum Gasteiger partial charge on any atom is 0.404 e. The molecule has 0 saturated heterocycles. The van der Waals surface area contributed by atoms with Crippen molar-refractivity contribution in [1.29, 1.82) is 0 Å². The Hall–Kier alpha value is -3.16. The number of ether oxygens (including phenoxy) is 2. The predicted molar refractivity (Wildman–Crippen MR) is 120 cm³/mol. The van der Waals surface area contributed by atoms with E-state index in [4.69, 9.17) is 25.9 Å². The number of nitrogens with zero attached hydrogens (tertiary/aromatic N) is 1. The monoisotopic (exact) mass is 475 g/mol. The zero-order valence-corrected chi connectivity index (χ0v) is 18.3. The predicted octanol–water partition coefficient (Wildman–Crippen LogP) is 6.65. The molecule has 1 aliphatic rings. The fraction of sp³-hybridized carbons (Fsp3) is 0.200. The number of hydroxylamine groups is 2. The first kappa shape index (κ1) is 23.0.